The molecule has 1 heterocycles. The van der Waals surface area contributed by atoms with Gasteiger partial charge >= 0.3 is 0 Å². The highest BCUT2D eigenvalue weighted by Crippen LogP contribution is 2.30. The molecular formula is C9H5ClF2O2. The van der Waals surface area contributed by atoms with Crippen molar-refractivity contribution in [3.63, 3.8) is 0 Å². The Kier molecular flexibility index (Phi) is 2.17. The summed E-state index contributed by atoms with van der Waals surface area (Å²) < 4.78 is 30.9. The topological polar surface area (TPSA) is 33.4 Å². The summed E-state index contributed by atoms with van der Waals surface area (Å²) in [6, 6.07) is 1.23. The van der Waals surface area contributed by atoms with E-state index in [2.05, 4.69) is 0 Å². The molecule has 0 aliphatic heterocycles. The molecule has 0 fully saturated rings. The summed E-state index contributed by atoms with van der Waals surface area (Å²) in [7, 11) is 0. The van der Waals surface area contributed by atoms with E-state index in [0.29, 0.717) is 5.56 Å². The van der Waals surface area contributed by atoms with Crippen LogP contribution < -0.4 is 0 Å². The molecule has 2 rings (SSSR count). The fourth-order valence-corrected chi connectivity index (χ4v) is 1.44. The minimum atomic E-state index is -1.14. The van der Waals surface area contributed by atoms with E-state index in [1.165, 1.54) is 12.3 Å². The Balaban J connectivity index is 2.86. The van der Waals surface area contributed by atoms with E-state index in [4.69, 9.17) is 21.1 Å². The summed E-state index contributed by atoms with van der Waals surface area (Å²) in [5.41, 5.74) is 0.150. The molecule has 1 N–H and O–H groups in total. The molecule has 0 saturated heterocycles. The Morgan fingerprint density at radius 3 is 2.71 bits per heavy atom. The number of hydrogen-bond acceptors (Lipinski definition) is 2. The number of fused-ring (bicyclic) bond motifs is 1. The van der Waals surface area contributed by atoms with Crippen molar-refractivity contribution in [2.75, 3.05) is 0 Å². The quantitative estimate of drug-likeness (QED) is 0.747. The van der Waals surface area contributed by atoms with Gasteiger partial charge in [-0.05, 0) is 6.07 Å². The first kappa shape index (κ1) is 9.43. The zero-order chi connectivity index (χ0) is 10.3. The molecule has 0 saturated carbocycles. The summed E-state index contributed by atoms with van der Waals surface area (Å²) in [5.74, 6) is -2.27. The van der Waals surface area contributed by atoms with Crippen LogP contribution >= 0.6 is 11.6 Å². The van der Waals surface area contributed by atoms with Crippen LogP contribution in [0.1, 0.15) is 5.56 Å². The third kappa shape index (κ3) is 1.19. The Labute approximate surface area is 82.7 Å². The normalized spacial score (nSPS) is 11.1. The van der Waals surface area contributed by atoms with E-state index >= 15 is 0 Å². The van der Waals surface area contributed by atoms with Crippen LogP contribution in [0.3, 0.4) is 0 Å². The van der Waals surface area contributed by atoms with Crippen molar-refractivity contribution in [2.45, 2.75) is 6.61 Å². The fourth-order valence-electron chi connectivity index (χ4n) is 1.25. The number of rotatable bonds is 1. The average molecular weight is 219 g/mol. The predicted molar refractivity (Wildman–Crippen MR) is 47.1 cm³/mol. The molecule has 5 heteroatoms. The standard InChI is InChI=1S/C9H5ClF2O2/c10-6-1-5-4(2-13)3-14-9(5)8(12)7(6)11/h1,3,13H,2H2. The summed E-state index contributed by atoms with van der Waals surface area (Å²) in [4.78, 5) is 0. The second-order valence-corrected chi connectivity index (χ2v) is 3.19. The molecule has 0 radical (unpaired) electrons. The van der Waals surface area contributed by atoms with E-state index in [1.807, 2.05) is 0 Å². The maximum atomic E-state index is 13.2. The second kappa shape index (κ2) is 3.22. The number of benzene rings is 1. The zero-order valence-electron chi connectivity index (χ0n) is 6.85. The van der Waals surface area contributed by atoms with Gasteiger partial charge in [0.2, 0.25) is 5.82 Å². The average Bonchev–Trinajstić information content (AvgIpc) is 2.57. The smallest absolute Gasteiger partial charge is 0.203 e. The molecule has 0 amide bonds. The lowest BCUT2D eigenvalue weighted by atomic mass is 10.2. The van der Waals surface area contributed by atoms with Crippen LogP contribution in [-0.2, 0) is 6.61 Å². The van der Waals surface area contributed by atoms with Gasteiger partial charge in [0.25, 0.3) is 0 Å². The number of furan rings is 1. The Hall–Kier alpha value is -1.13. The van der Waals surface area contributed by atoms with Crippen LogP contribution in [0.15, 0.2) is 16.7 Å². The van der Waals surface area contributed by atoms with E-state index < -0.39 is 11.6 Å². The first-order valence-corrected chi connectivity index (χ1v) is 4.17. The zero-order valence-corrected chi connectivity index (χ0v) is 7.61. The van der Waals surface area contributed by atoms with Crippen LogP contribution in [-0.4, -0.2) is 5.11 Å². The van der Waals surface area contributed by atoms with E-state index in [0.717, 1.165) is 0 Å². The molecular weight excluding hydrogens is 214 g/mol. The van der Waals surface area contributed by atoms with Gasteiger partial charge in [0.05, 0.1) is 17.9 Å². The second-order valence-electron chi connectivity index (χ2n) is 2.78. The van der Waals surface area contributed by atoms with Gasteiger partial charge in [-0.25, -0.2) is 4.39 Å². The molecule has 0 aliphatic rings. The lowest BCUT2D eigenvalue weighted by Crippen LogP contribution is -1.87. The SMILES string of the molecule is OCc1coc2c(F)c(F)c(Cl)cc12. The number of aliphatic hydroxyl groups is 1. The van der Waals surface area contributed by atoms with Gasteiger partial charge < -0.3 is 9.52 Å². The molecule has 0 spiro atoms. The summed E-state index contributed by atoms with van der Waals surface area (Å²) >= 11 is 5.44. The van der Waals surface area contributed by atoms with Crippen LogP contribution in [0.25, 0.3) is 11.0 Å². The largest absolute Gasteiger partial charge is 0.461 e. The van der Waals surface area contributed by atoms with Gasteiger partial charge in [-0.3, -0.25) is 0 Å². The van der Waals surface area contributed by atoms with Crippen molar-refractivity contribution >= 4 is 22.6 Å². The van der Waals surface area contributed by atoms with Crippen molar-refractivity contribution in [3.05, 3.63) is 34.6 Å². The van der Waals surface area contributed by atoms with Crippen LogP contribution in [0, 0.1) is 11.6 Å². The monoisotopic (exact) mass is 218 g/mol. The molecule has 0 unspecified atom stereocenters. The Morgan fingerprint density at radius 2 is 2.07 bits per heavy atom. The van der Waals surface area contributed by atoms with Gasteiger partial charge in [-0.15, -0.1) is 0 Å². The Bertz CT molecular complexity index is 493. The molecule has 0 aliphatic carbocycles. The molecule has 2 nitrogen and oxygen atoms in total. The highest BCUT2D eigenvalue weighted by Gasteiger charge is 2.17. The minimum Gasteiger partial charge on any atom is -0.461 e. The van der Waals surface area contributed by atoms with E-state index in [1.54, 1.807) is 0 Å². The van der Waals surface area contributed by atoms with E-state index in [9.17, 15) is 8.78 Å². The van der Waals surface area contributed by atoms with Crippen molar-refractivity contribution < 1.29 is 18.3 Å². The van der Waals surface area contributed by atoms with Gasteiger partial charge in [-0.2, -0.15) is 4.39 Å². The molecule has 2 aromatic rings. The first-order chi connectivity index (χ1) is 6.65. The lowest BCUT2D eigenvalue weighted by Gasteiger charge is -1.97. The van der Waals surface area contributed by atoms with Gasteiger partial charge in [-0.1, -0.05) is 11.6 Å². The Morgan fingerprint density at radius 1 is 1.36 bits per heavy atom. The van der Waals surface area contributed by atoms with Crippen molar-refractivity contribution in [1.82, 2.24) is 0 Å². The van der Waals surface area contributed by atoms with Crippen molar-refractivity contribution in [2.24, 2.45) is 0 Å². The van der Waals surface area contributed by atoms with Crippen LogP contribution in [0.2, 0.25) is 5.02 Å². The highest BCUT2D eigenvalue weighted by atomic mass is 35.5. The van der Waals surface area contributed by atoms with Crippen LogP contribution in [0.4, 0.5) is 8.78 Å². The molecule has 74 valence electrons. The van der Waals surface area contributed by atoms with Crippen molar-refractivity contribution in [1.29, 1.82) is 0 Å². The molecule has 14 heavy (non-hydrogen) atoms. The number of aliphatic hydroxyl groups excluding tert-OH is 1. The predicted octanol–water partition coefficient (Wildman–Crippen LogP) is 2.86. The fraction of sp³-hybridized carbons (Fsp3) is 0.111. The molecule has 1 aromatic heterocycles. The van der Waals surface area contributed by atoms with Crippen LogP contribution in [0.5, 0.6) is 0 Å². The molecule has 1 aromatic carbocycles. The van der Waals surface area contributed by atoms with Gasteiger partial charge in [0.15, 0.2) is 11.4 Å². The maximum absolute atomic E-state index is 13.2. The number of halogens is 3. The maximum Gasteiger partial charge on any atom is 0.203 e. The summed E-state index contributed by atoms with van der Waals surface area (Å²) in [5, 5.41) is 8.82. The van der Waals surface area contributed by atoms with Gasteiger partial charge in [0, 0.05) is 10.9 Å². The third-order valence-electron chi connectivity index (χ3n) is 1.95. The first-order valence-electron chi connectivity index (χ1n) is 3.79. The van der Waals surface area contributed by atoms with E-state index in [-0.39, 0.29) is 22.6 Å². The van der Waals surface area contributed by atoms with Crippen molar-refractivity contribution in [3.8, 4) is 0 Å². The highest BCUT2D eigenvalue weighted by molar-refractivity contribution is 6.31. The minimum absolute atomic E-state index is 0.226. The molecule has 0 bridgehead atoms. The third-order valence-corrected chi connectivity index (χ3v) is 2.23. The summed E-state index contributed by atoms with van der Waals surface area (Å²) in [6.07, 6.45) is 1.17. The number of hydrogen-bond donors (Lipinski definition) is 1. The lowest BCUT2D eigenvalue weighted by molar-refractivity contribution is 0.281. The van der Waals surface area contributed by atoms with Gasteiger partial charge in [0.1, 0.15) is 0 Å². The molecule has 0 atom stereocenters. The summed E-state index contributed by atoms with van der Waals surface area (Å²) in [6.45, 7) is -0.311.